The van der Waals surface area contributed by atoms with Gasteiger partial charge in [0, 0.05) is 0 Å². The summed E-state index contributed by atoms with van der Waals surface area (Å²) in [4.78, 5) is 0. The van der Waals surface area contributed by atoms with E-state index < -0.39 is 0 Å². The molecule has 0 amide bonds. The first-order valence-electron chi connectivity index (χ1n) is 6.91. The van der Waals surface area contributed by atoms with Crippen molar-refractivity contribution >= 4 is 0 Å². The van der Waals surface area contributed by atoms with Gasteiger partial charge in [-0.1, -0.05) is 54.2 Å². The SMILES string of the molecule is C=C(/C=C(C)\C=C/C)[C@H]1CCOc2ccccc2C1. The van der Waals surface area contributed by atoms with E-state index in [1.807, 2.05) is 13.0 Å². The number of hydrogen-bond acceptors (Lipinski definition) is 1. The van der Waals surface area contributed by atoms with Crippen LogP contribution in [0.4, 0.5) is 0 Å². The minimum Gasteiger partial charge on any atom is -0.493 e. The van der Waals surface area contributed by atoms with Crippen LogP contribution in [0, 0.1) is 5.92 Å². The number of fused-ring (bicyclic) bond motifs is 1. The molecular formula is C18H22O. The fraction of sp³-hybridized carbons (Fsp3) is 0.333. The van der Waals surface area contributed by atoms with E-state index >= 15 is 0 Å². The van der Waals surface area contributed by atoms with Crippen LogP contribution >= 0.6 is 0 Å². The molecule has 1 aromatic carbocycles. The number of allylic oxidation sites excluding steroid dienone is 5. The first-order chi connectivity index (χ1) is 9.20. The molecule has 1 aromatic rings. The van der Waals surface area contributed by atoms with Gasteiger partial charge in [-0.3, -0.25) is 0 Å². The summed E-state index contributed by atoms with van der Waals surface area (Å²) in [6.07, 6.45) is 8.43. The topological polar surface area (TPSA) is 9.23 Å². The third-order valence-corrected chi connectivity index (χ3v) is 3.53. The third kappa shape index (κ3) is 3.60. The summed E-state index contributed by atoms with van der Waals surface area (Å²) in [5, 5.41) is 0. The molecule has 0 saturated carbocycles. The van der Waals surface area contributed by atoms with E-state index in [0.717, 1.165) is 25.2 Å². The molecule has 1 aliphatic rings. The maximum atomic E-state index is 5.81. The van der Waals surface area contributed by atoms with Gasteiger partial charge in [-0.05, 0) is 44.2 Å². The van der Waals surface area contributed by atoms with Crippen molar-refractivity contribution in [1.82, 2.24) is 0 Å². The molecule has 1 aliphatic heterocycles. The highest BCUT2D eigenvalue weighted by Crippen LogP contribution is 2.30. The van der Waals surface area contributed by atoms with Crippen LogP contribution in [0.3, 0.4) is 0 Å². The average Bonchev–Trinajstić information content (AvgIpc) is 2.61. The first-order valence-corrected chi connectivity index (χ1v) is 6.91. The second kappa shape index (κ2) is 6.42. The molecular weight excluding hydrogens is 232 g/mol. The number of ether oxygens (including phenoxy) is 1. The van der Waals surface area contributed by atoms with Crippen molar-refractivity contribution in [1.29, 1.82) is 0 Å². The molecule has 19 heavy (non-hydrogen) atoms. The average molecular weight is 254 g/mol. The Bertz CT molecular complexity index is 508. The van der Waals surface area contributed by atoms with Crippen LogP contribution in [-0.4, -0.2) is 6.61 Å². The standard InChI is InChI=1S/C18H22O/c1-4-7-14(2)12-15(3)16-10-11-19-18-9-6-5-8-17(18)13-16/h4-9,12,16H,3,10-11,13H2,1-2H3/b7-4-,14-12-/t16-/m0/s1. The lowest BCUT2D eigenvalue weighted by Crippen LogP contribution is -2.07. The molecule has 1 nitrogen and oxygen atoms in total. The van der Waals surface area contributed by atoms with Gasteiger partial charge in [0.05, 0.1) is 6.61 Å². The van der Waals surface area contributed by atoms with E-state index in [4.69, 9.17) is 4.74 Å². The van der Waals surface area contributed by atoms with Gasteiger partial charge in [-0.25, -0.2) is 0 Å². The summed E-state index contributed by atoms with van der Waals surface area (Å²) in [7, 11) is 0. The molecule has 0 fully saturated rings. The van der Waals surface area contributed by atoms with E-state index in [0.29, 0.717) is 5.92 Å². The van der Waals surface area contributed by atoms with Crippen molar-refractivity contribution in [3.63, 3.8) is 0 Å². The highest BCUT2D eigenvalue weighted by Gasteiger charge is 2.18. The quantitative estimate of drug-likeness (QED) is 0.710. The summed E-state index contributed by atoms with van der Waals surface area (Å²) in [5.41, 5.74) is 3.75. The van der Waals surface area contributed by atoms with Crippen molar-refractivity contribution in [3.05, 3.63) is 65.8 Å². The molecule has 0 bridgehead atoms. The van der Waals surface area contributed by atoms with Crippen LogP contribution in [0.1, 0.15) is 25.8 Å². The van der Waals surface area contributed by atoms with E-state index in [1.165, 1.54) is 16.7 Å². The lowest BCUT2D eigenvalue weighted by atomic mass is 9.89. The fourth-order valence-corrected chi connectivity index (χ4v) is 2.53. The molecule has 0 aliphatic carbocycles. The Kier molecular flexibility index (Phi) is 4.62. The lowest BCUT2D eigenvalue weighted by Gasteiger charge is -2.14. The first kappa shape index (κ1) is 13.7. The van der Waals surface area contributed by atoms with Crippen molar-refractivity contribution in [2.75, 3.05) is 6.61 Å². The molecule has 0 saturated heterocycles. The number of hydrogen-bond donors (Lipinski definition) is 0. The largest absolute Gasteiger partial charge is 0.493 e. The number of para-hydroxylation sites is 1. The minimum atomic E-state index is 0.476. The van der Waals surface area contributed by atoms with Crippen LogP contribution in [0.2, 0.25) is 0 Å². The molecule has 0 radical (unpaired) electrons. The summed E-state index contributed by atoms with van der Waals surface area (Å²) in [6, 6.07) is 8.32. The van der Waals surface area contributed by atoms with Crippen LogP contribution in [0.25, 0.3) is 0 Å². The summed E-state index contributed by atoms with van der Waals surface area (Å²) >= 11 is 0. The zero-order chi connectivity index (χ0) is 13.7. The molecule has 0 N–H and O–H groups in total. The zero-order valence-electron chi connectivity index (χ0n) is 11.9. The molecule has 2 rings (SSSR count). The highest BCUT2D eigenvalue weighted by atomic mass is 16.5. The third-order valence-electron chi connectivity index (χ3n) is 3.53. The van der Waals surface area contributed by atoms with Gasteiger partial charge in [-0.15, -0.1) is 0 Å². The summed E-state index contributed by atoms with van der Waals surface area (Å²) < 4.78 is 5.81. The van der Waals surface area contributed by atoms with E-state index in [9.17, 15) is 0 Å². The van der Waals surface area contributed by atoms with Crippen molar-refractivity contribution < 1.29 is 4.74 Å². The van der Waals surface area contributed by atoms with E-state index in [1.54, 1.807) is 0 Å². The highest BCUT2D eigenvalue weighted by molar-refractivity contribution is 5.37. The Morgan fingerprint density at radius 1 is 1.37 bits per heavy atom. The van der Waals surface area contributed by atoms with Gasteiger partial charge in [0.15, 0.2) is 0 Å². The Labute approximate surface area is 116 Å². The maximum Gasteiger partial charge on any atom is 0.122 e. The Morgan fingerprint density at radius 3 is 2.95 bits per heavy atom. The van der Waals surface area contributed by atoms with Gasteiger partial charge in [0.1, 0.15) is 5.75 Å². The predicted octanol–water partition coefficient (Wildman–Crippen LogP) is 4.71. The number of benzene rings is 1. The van der Waals surface area contributed by atoms with Crippen LogP contribution in [0.15, 0.2) is 60.2 Å². The van der Waals surface area contributed by atoms with E-state index in [-0.39, 0.29) is 0 Å². The van der Waals surface area contributed by atoms with Crippen LogP contribution in [-0.2, 0) is 6.42 Å². The minimum absolute atomic E-state index is 0.476. The second-order valence-electron chi connectivity index (χ2n) is 5.11. The second-order valence-corrected chi connectivity index (χ2v) is 5.11. The van der Waals surface area contributed by atoms with Gasteiger partial charge >= 0.3 is 0 Å². The fourth-order valence-electron chi connectivity index (χ4n) is 2.53. The lowest BCUT2D eigenvalue weighted by molar-refractivity contribution is 0.304. The Morgan fingerprint density at radius 2 is 2.16 bits per heavy atom. The molecule has 1 heterocycles. The van der Waals surface area contributed by atoms with E-state index in [2.05, 4.69) is 49.9 Å². The molecule has 0 spiro atoms. The maximum absolute atomic E-state index is 5.81. The molecule has 1 atom stereocenters. The van der Waals surface area contributed by atoms with Crippen LogP contribution < -0.4 is 4.74 Å². The molecule has 0 unspecified atom stereocenters. The predicted molar refractivity (Wildman–Crippen MR) is 81.5 cm³/mol. The van der Waals surface area contributed by atoms with Crippen molar-refractivity contribution in [2.45, 2.75) is 26.7 Å². The monoisotopic (exact) mass is 254 g/mol. The molecule has 100 valence electrons. The van der Waals surface area contributed by atoms with Gasteiger partial charge < -0.3 is 4.74 Å². The summed E-state index contributed by atoms with van der Waals surface area (Å²) in [5.74, 6) is 1.51. The molecule has 0 aromatic heterocycles. The van der Waals surface area contributed by atoms with Crippen molar-refractivity contribution in [3.8, 4) is 5.75 Å². The Balaban J connectivity index is 2.14. The Hall–Kier alpha value is -1.76. The van der Waals surface area contributed by atoms with Gasteiger partial charge in [0.2, 0.25) is 0 Å². The van der Waals surface area contributed by atoms with Crippen LogP contribution in [0.5, 0.6) is 5.75 Å². The normalized spacial score (nSPS) is 19.7. The van der Waals surface area contributed by atoms with Gasteiger partial charge in [0.25, 0.3) is 0 Å². The van der Waals surface area contributed by atoms with Crippen molar-refractivity contribution in [2.24, 2.45) is 5.92 Å². The zero-order valence-corrected chi connectivity index (χ0v) is 11.9. The summed E-state index contributed by atoms with van der Waals surface area (Å²) in [6.45, 7) is 9.18. The number of rotatable bonds is 3. The smallest absolute Gasteiger partial charge is 0.122 e. The molecule has 1 heteroatoms. The van der Waals surface area contributed by atoms with Gasteiger partial charge in [-0.2, -0.15) is 0 Å².